The van der Waals surface area contributed by atoms with E-state index in [1.54, 1.807) is 43.3 Å². The molecule has 5 heteroatoms. The number of carbonyl (C=O) groups excluding carboxylic acids is 1. The minimum atomic E-state index is -1.21. The molecule has 1 aromatic heterocycles. The van der Waals surface area contributed by atoms with Crippen LogP contribution in [0, 0.1) is 0 Å². The Balaban J connectivity index is 1.87. The van der Waals surface area contributed by atoms with Crippen LogP contribution in [0.3, 0.4) is 0 Å². The number of carbonyl (C=O) groups is 1. The number of benzene rings is 1. The molecule has 2 aromatic rings. The van der Waals surface area contributed by atoms with Crippen LogP contribution in [0.4, 0.5) is 0 Å². The summed E-state index contributed by atoms with van der Waals surface area (Å²) in [4.78, 5) is 12.0. The van der Waals surface area contributed by atoms with Gasteiger partial charge in [-0.3, -0.25) is 4.79 Å². The van der Waals surface area contributed by atoms with Crippen molar-refractivity contribution in [2.45, 2.75) is 31.6 Å². The second-order valence-corrected chi connectivity index (χ2v) is 4.99. The van der Waals surface area contributed by atoms with Gasteiger partial charge in [-0.15, -0.1) is 0 Å². The van der Waals surface area contributed by atoms with Crippen molar-refractivity contribution >= 4 is 5.91 Å². The highest BCUT2D eigenvalue weighted by Gasteiger charge is 2.21. The molecule has 0 spiro atoms. The van der Waals surface area contributed by atoms with Gasteiger partial charge in [-0.05, 0) is 24.6 Å². The standard InChI is InChI=1S/C16H19NO4/c1-11(10-13(18)14-8-5-9-21-14)17-16(20)15(19)12-6-3-2-4-7-12/h2-9,11,13,15,18-19H,10H2,1H3,(H,17,20)/t11?,13?,15-/m1/s1. The zero-order chi connectivity index (χ0) is 15.2. The number of aliphatic hydroxyl groups is 2. The summed E-state index contributed by atoms with van der Waals surface area (Å²) < 4.78 is 5.11. The predicted molar refractivity (Wildman–Crippen MR) is 77.3 cm³/mol. The van der Waals surface area contributed by atoms with Crippen LogP contribution in [0.25, 0.3) is 0 Å². The molecule has 0 saturated heterocycles. The summed E-state index contributed by atoms with van der Waals surface area (Å²) in [5, 5.41) is 22.6. The quantitative estimate of drug-likeness (QED) is 0.759. The van der Waals surface area contributed by atoms with Gasteiger partial charge in [0.15, 0.2) is 6.10 Å². The number of aliphatic hydroxyl groups excluding tert-OH is 2. The van der Waals surface area contributed by atoms with E-state index in [1.807, 2.05) is 6.07 Å². The maximum Gasteiger partial charge on any atom is 0.253 e. The van der Waals surface area contributed by atoms with Gasteiger partial charge in [0.2, 0.25) is 0 Å². The summed E-state index contributed by atoms with van der Waals surface area (Å²) in [5.41, 5.74) is 0.536. The first-order chi connectivity index (χ1) is 10.1. The molecule has 0 saturated carbocycles. The molecule has 0 aliphatic heterocycles. The summed E-state index contributed by atoms with van der Waals surface area (Å²) in [6.45, 7) is 1.77. The molecule has 0 bridgehead atoms. The van der Waals surface area contributed by atoms with Crippen LogP contribution in [0.15, 0.2) is 53.1 Å². The molecule has 2 rings (SSSR count). The molecule has 0 fully saturated rings. The van der Waals surface area contributed by atoms with Crippen molar-refractivity contribution in [1.29, 1.82) is 0 Å². The third kappa shape index (κ3) is 4.18. The lowest BCUT2D eigenvalue weighted by molar-refractivity contribution is -0.130. The van der Waals surface area contributed by atoms with E-state index in [4.69, 9.17) is 4.42 Å². The highest BCUT2D eigenvalue weighted by molar-refractivity contribution is 5.82. The highest BCUT2D eigenvalue weighted by Crippen LogP contribution is 2.19. The third-order valence-electron chi connectivity index (χ3n) is 3.20. The molecule has 1 aromatic carbocycles. The van der Waals surface area contributed by atoms with Gasteiger partial charge >= 0.3 is 0 Å². The first kappa shape index (κ1) is 15.3. The van der Waals surface area contributed by atoms with Crippen molar-refractivity contribution in [3.05, 3.63) is 60.1 Å². The first-order valence-corrected chi connectivity index (χ1v) is 6.82. The van der Waals surface area contributed by atoms with E-state index < -0.39 is 18.1 Å². The van der Waals surface area contributed by atoms with Crippen molar-refractivity contribution in [3.63, 3.8) is 0 Å². The second kappa shape index (κ2) is 7.06. The second-order valence-electron chi connectivity index (χ2n) is 4.99. The van der Waals surface area contributed by atoms with E-state index >= 15 is 0 Å². The largest absolute Gasteiger partial charge is 0.467 e. The fraction of sp³-hybridized carbons (Fsp3) is 0.312. The van der Waals surface area contributed by atoms with Crippen LogP contribution in [0.5, 0.6) is 0 Å². The Morgan fingerprint density at radius 3 is 2.52 bits per heavy atom. The van der Waals surface area contributed by atoms with Crippen LogP contribution in [-0.2, 0) is 4.79 Å². The van der Waals surface area contributed by atoms with E-state index in [0.717, 1.165) is 0 Å². The predicted octanol–water partition coefficient (Wildman–Crippen LogP) is 1.94. The Morgan fingerprint density at radius 2 is 1.90 bits per heavy atom. The van der Waals surface area contributed by atoms with Gasteiger partial charge in [0.05, 0.1) is 6.26 Å². The van der Waals surface area contributed by atoms with Gasteiger partial charge in [-0.25, -0.2) is 0 Å². The highest BCUT2D eigenvalue weighted by atomic mass is 16.4. The fourth-order valence-corrected chi connectivity index (χ4v) is 2.10. The van der Waals surface area contributed by atoms with Crippen LogP contribution < -0.4 is 5.32 Å². The zero-order valence-corrected chi connectivity index (χ0v) is 11.8. The molecule has 0 radical (unpaired) electrons. The minimum Gasteiger partial charge on any atom is -0.467 e. The van der Waals surface area contributed by atoms with E-state index in [-0.39, 0.29) is 6.04 Å². The van der Waals surface area contributed by atoms with Crippen LogP contribution >= 0.6 is 0 Å². The number of hydrogen-bond donors (Lipinski definition) is 3. The lowest BCUT2D eigenvalue weighted by Crippen LogP contribution is -2.37. The van der Waals surface area contributed by atoms with E-state index in [1.165, 1.54) is 6.26 Å². The fourth-order valence-electron chi connectivity index (χ4n) is 2.10. The SMILES string of the molecule is CC(CC(O)c1ccco1)NC(=O)[C@H](O)c1ccccc1. The van der Waals surface area contributed by atoms with Crippen molar-refractivity contribution < 1.29 is 19.4 Å². The van der Waals surface area contributed by atoms with E-state index in [0.29, 0.717) is 17.7 Å². The van der Waals surface area contributed by atoms with Crippen molar-refractivity contribution in [2.24, 2.45) is 0 Å². The summed E-state index contributed by atoms with van der Waals surface area (Å²) >= 11 is 0. The van der Waals surface area contributed by atoms with E-state index in [9.17, 15) is 15.0 Å². The topological polar surface area (TPSA) is 82.7 Å². The van der Waals surface area contributed by atoms with Gasteiger partial charge in [0.25, 0.3) is 5.91 Å². The molecule has 0 aliphatic rings. The zero-order valence-electron chi connectivity index (χ0n) is 11.8. The van der Waals surface area contributed by atoms with Gasteiger partial charge in [0.1, 0.15) is 11.9 Å². The number of nitrogens with one attached hydrogen (secondary N) is 1. The van der Waals surface area contributed by atoms with Crippen LogP contribution in [0.2, 0.25) is 0 Å². The summed E-state index contributed by atoms with van der Waals surface area (Å²) in [5.74, 6) is -0.0277. The van der Waals surface area contributed by atoms with Gasteiger partial charge in [-0.2, -0.15) is 0 Å². The van der Waals surface area contributed by atoms with Crippen molar-refractivity contribution in [1.82, 2.24) is 5.32 Å². The molecule has 1 amide bonds. The lowest BCUT2D eigenvalue weighted by atomic mass is 10.1. The summed E-state index contributed by atoms with van der Waals surface area (Å²) in [6, 6.07) is 11.8. The molecule has 21 heavy (non-hydrogen) atoms. The molecule has 5 nitrogen and oxygen atoms in total. The number of furan rings is 1. The third-order valence-corrected chi connectivity index (χ3v) is 3.20. The van der Waals surface area contributed by atoms with Gasteiger partial charge in [-0.1, -0.05) is 30.3 Å². The van der Waals surface area contributed by atoms with Crippen LogP contribution in [0.1, 0.15) is 36.9 Å². The minimum absolute atomic E-state index is 0.295. The van der Waals surface area contributed by atoms with E-state index in [2.05, 4.69) is 5.32 Å². The summed E-state index contributed by atoms with van der Waals surface area (Å²) in [6.07, 6.45) is -0.208. The Labute approximate surface area is 123 Å². The Hall–Kier alpha value is -2.11. The lowest BCUT2D eigenvalue weighted by Gasteiger charge is -2.19. The monoisotopic (exact) mass is 289 g/mol. The average Bonchev–Trinajstić information content (AvgIpc) is 3.01. The summed E-state index contributed by atoms with van der Waals surface area (Å²) in [7, 11) is 0. The maximum atomic E-state index is 12.0. The molecule has 0 aliphatic carbocycles. The van der Waals surface area contributed by atoms with Crippen molar-refractivity contribution in [3.8, 4) is 0 Å². The normalized spacial score (nSPS) is 15.2. The van der Waals surface area contributed by atoms with Gasteiger partial charge < -0.3 is 19.9 Å². The number of amides is 1. The maximum absolute atomic E-state index is 12.0. The number of hydrogen-bond acceptors (Lipinski definition) is 4. The molecule has 3 N–H and O–H groups in total. The Kier molecular flexibility index (Phi) is 5.14. The van der Waals surface area contributed by atoms with Crippen molar-refractivity contribution in [2.75, 3.05) is 0 Å². The molecule has 112 valence electrons. The van der Waals surface area contributed by atoms with Gasteiger partial charge in [0, 0.05) is 12.5 Å². The Bertz CT molecular complexity index is 553. The van der Waals surface area contributed by atoms with Crippen LogP contribution in [-0.4, -0.2) is 22.2 Å². The molecular formula is C16H19NO4. The smallest absolute Gasteiger partial charge is 0.253 e. The molecule has 3 atom stereocenters. The first-order valence-electron chi connectivity index (χ1n) is 6.82. The number of rotatable bonds is 6. The molecular weight excluding hydrogens is 270 g/mol. The molecule has 1 heterocycles. The molecule has 2 unspecified atom stereocenters. The Morgan fingerprint density at radius 1 is 1.19 bits per heavy atom. The average molecular weight is 289 g/mol.